The SMILES string of the molecule is C[C@@H]1[C@H]2COC[C@H]2CO[C@@H]1C. The van der Waals surface area contributed by atoms with E-state index in [9.17, 15) is 0 Å². The van der Waals surface area contributed by atoms with Crippen molar-refractivity contribution in [3.05, 3.63) is 0 Å². The molecule has 2 aliphatic heterocycles. The van der Waals surface area contributed by atoms with Crippen LogP contribution < -0.4 is 0 Å². The van der Waals surface area contributed by atoms with Crippen molar-refractivity contribution in [3.8, 4) is 0 Å². The van der Waals surface area contributed by atoms with Gasteiger partial charge in [-0.3, -0.25) is 0 Å². The maximum Gasteiger partial charge on any atom is 0.0576 e. The van der Waals surface area contributed by atoms with Gasteiger partial charge < -0.3 is 9.47 Å². The Morgan fingerprint density at radius 1 is 1.09 bits per heavy atom. The van der Waals surface area contributed by atoms with Gasteiger partial charge >= 0.3 is 0 Å². The molecule has 0 aliphatic carbocycles. The summed E-state index contributed by atoms with van der Waals surface area (Å²) in [6.07, 6.45) is 0.429. The highest BCUT2D eigenvalue weighted by Crippen LogP contribution is 2.35. The highest BCUT2D eigenvalue weighted by atomic mass is 16.5. The van der Waals surface area contributed by atoms with E-state index >= 15 is 0 Å². The lowest BCUT2D eigenvalue weighted by atomic mass is 9.80. The molecule has 0 bridgehead atoms. The van der Waals surface area contributed by atoms with Crippen molar-refractivity contribution in [2.45, 2.75) is 20.0 Å². The van der Waals surface area contributed by atoms with Gasteiger partial charge in [-0.1, -0.05) is 6.92 Å². The zero-order valence-electron chi connectivity index (χ0n) is 7.25. The molecule has 11 heavy (non-hydrogen) atoms. The van der Waals surface area contributed by atoms with E-state index in [0.717, 1.165) is 25.7 Å². The first-order chi connectivity index (χ1) is 5.29. The molecule has 2 aliphatic rings. The minimum atomic E-state index is 0.429. The van der Waals surface area contributed by atoms with E-state index in [1.54, 1.807) is 0 Å². The van der Waals surface area contributed by atoms with Gasteiger partial charge in [0.25, 0.3) is 0 Å². The quantitative estimate of drug-likeness (QED) is 0.526. The predicted molar refractivity (Wildman–Crippen MR) is 42.4 cm³/mol. The topological polar surface area (TPSA) is 18.5 Å². The van der Waals surface area contributed by atoms with E-state index in [1.807, 2.05) is 0 Å². The molecule has 2 rings (SSSR count). The zero-order chi connectivity index (χ0) is 7.84. The van der Waals surface area contributed by atoms with Crippen LogP contribution in [0.2, 0.25) is 0 Å². The molecule has 2 heterocycles. The summed E-state index contributed by atoms with van der Waals surface area (Å²) in [6, 6.07) is 0. The van der Waals surface area contributed by atoms with E-state index in [0.29, 0.717) is 17.9 Å². The maximum absolute atomic E-state index is 5.62. The highest BCUT2D eigenvalue weighted by Gasteiger charge is 2.39. The second-order valence-corrected chi connectivity index (χ2v) is 3.86. The third-order valence-corrected chi connectivity index (χ3v) is 3.24. The van der Waals surface area contributed by atoms with Crippen molar-refractivity contribution in [2.24, 2.45) is 17.8 Å². The van der Waals surface area contributed by atoms with Crippen LogP contribution in [0, 0.1) is 17.8 Å². The highest BCUT2D eigenvalue weighted by molar-refractivity contribution is 4.85. The maximum atomic E-state index is 5.62. The minimum Gasteiger partial charge on any atom is -0.381 e. The fraction of sp³-hybridized carbons (Fsp3) is 1.00. The van der Waals surface area contributed by atoms with Crippen molar-refractivity contribution in [1.82, 2.24) is 0 Å². The minimum absolute atomic E-state index is 0.429. The summed E-state index contributed by atoms with van der Waals surface area (Å²) in [4.78, 5) is 0. The lowest BCUT2D eigenvalue weighted by Gasteiger charge is -2.35. The fourth-order valence-corrected chi connectivity index (χ4v) is 2.14. The lowest BCUT2D eigenvalue weighted by Crippen LogP contribution is -2.38. The molecular formula is C9H16O2. The summed E-state index contributed by atoms with van der Waals surface area (Å²) in [5.74, 6) is 2.12. The Morgan fingerprint density at radius 2 is 1.91 bits per heavy atom. The van der Waals surface area contributed by atoms with Crippen LogP contribution in [0.3, 0.4) is 0 Å². The van der Waals surface area contributed by atoms with Crippen LogP contribution in [0.5, 0.6) is 0 Å². The summed E-state index contributed by atoms with van der Waals surface area (Å²) in [7, 11) is 0. The van der Waals surface area contributed by atoms with Crippen LogP contribution in [-0.2, 0) is 9.47 Å². The second-order valence-electron chi connectivity index (χ2n) is 3.86. The first-order valence-electron chi connectivity index (χ1n) is 4.48. The van der Waals surface area contributed by atoms with Gasteiger partial charge in [0.2, 0.25) is 0 Å². The largest absolute Gasteiger partial charge is 0.381 e. The molecule has 0 aromatic carbocycles. The number of hydrogen-bond donors (Lipinski definition) is 0. The average Bonchev–Trinajstić information content (AvgIpc) is 2.45. The van der Waals surface area contributed by atoms with Gasteiger partial charge in [0.05, 0.1) is 25.9 Å². The number of fused-ring (bicyclic) bond motifs is 1. The monoisotopic (exact) mass is 156 g/mol. The van der Waals surface area contributed by atoms with Crippen LogP contribution in [0.4, 0.5) is 0 Å². The Labute approximate surface area is 67.9 Å². The number of ether oxygens (including phenoxy) is 2. The van der Waals surface area contributed by atoms with Crippen molar-refractivity contribution in [1.29, 1.82) is 0 Å². The number of rotatable bonds is 0. The third-order valence-electron chi connectivity index (χ3n) is 3.24. The first kappa shape index (κ1) is 7.56. The molecule has 2 heteroatoms. The second kappa shape index (κ2) is 2.76. The Kier molecular flexibility index (Phi) is 1.90. The predicted octanol–water partition coefficient (Wildman–Crippen LogP) is 1.30. The van der Waals surface area contributed by atoms with Gasteiger partial charge in [-0.05, 0) is 18.8 Å². The van der Waals surface area contributed by atoms with E-state index in [-0.39, 0.29) is 0 Å². The van der Waals surface area contributed by atoms with E-state index < -0.39 is 0 Å². The molecule has 0 N–H and O–H groups in total. The molecular weight excluding hydrogens is 140 g/mol. The molecule has 2 nitrogen and oxygen atoms in total. The van der Waals surface area contributed by atoms with Crippen molar-refractivity contribution >= 4 is 0 Å². The molecule has 2 saturated heterocycles. The van der Waals surface area contributed by atoms with Gasteiger partial charge in [0.15, 0.2) is 0 Å². The van der Waals surface area contributed by atoms with Gasteiger partial charge in [0.1, 0.15) is 0 Å². The van der Waals surface area contributed by atoms with Crippen LogP contribution >= 0.6 is 0 Å². The first-order valence-corrected chi connectivity index (χ1v) is 4.48. The normalized spacial score (nSPS) is 50.7. The Hall–Kier alpha value is -0.0800. The van der Waals surface area contributed by atoms with Crippen LogP contribution in [0.1, 0.15) is 13.8 Å². The fourth-order valence-electron chi connectivity index (χ4n) is 2.14. The van der Waals surface area contributed by atoms with Gasteiger partial charge in [0, 0.05) is 5.92 Å². The molecule has 0 aromatic heterocycles. The van der Waals surface area contributed by atoms with E-state index in [4.69, 9.17) is 9.47 Å². The summed E-state index contributed by atoms with van der Waals surface area (Å²) in [5.41, 5.74) is 0. The van der Waals surface area contributed by atoms with Crippen molar-refractivity contribution < 1.29 is 9.47 Å². The summed E-state index contributed by atoms with van der Waals surface area (Å²) in [5, 5.41) is 0. The van der Waals surface area contributed by atoms with E-state index in [1.165, 1.54) is 0 Å². The van der Waals surface area contributed by atoms with Gasteiger partial charge in [-0.25, -0.2) is 0 Å². The molecule has 4 atom stereocenters. The third kappa shape index (κ3) is 1.18. The molecule has 2 fully saturated rings. The van der Waals surface area contributed by atoms with Crippen molar-refractivity contribution in [2.75, 3.05) is 19.8 Å². The molecule has 0 amide bonds. The Balaban J connectivity index is 2.06. The zero-order valence-corrected chi connectivity index (χ0v) is 7.25. The molecule has 0 spiro atoms. The molecule has 0 radical (unpaired) electrons. The van der Waals surface area contributed by atoms with Gasteiger partial charge in [-0.15, -0.1) is 0 Å². The molecule has 0 saturated carbocycles. The average molecular weight is 156 g/mol. The Morgan fingerprint density at radius 3 is 2.73 bits per heavy atom. The molecule has 0 aromatic rings. The molecule has 0 unspecified atom stereocenters. The van der Waals surface area contributed by atoms with Crippen molar-refractivity contribution in [3.63, 3.8) is 0 Å². The van der Waals surface area contributed by atoms with Crippen LogP contribution in [-0.4, -0.2) is 25.9 Å². The van der Waals surface area contributed by atoms with Gasteiger partial charge in [-0.2, -0.15) is 0 Å². The van der Waals surface area contributed by atoms with E-state index in [2.05, 4.69) is 13.8 Å². The summed E-state index contributed by atoms with van der Waals surface area (Å²) in [6.45, 7) is 7.23. The van der Waals surface area contributed by atoms with Crippen LogP contribution in [0.25, 0.3) is 0 Å². The molecule has 64 valence electrons. The standard InChI is InChI=1S/C9H16O2/c1-6-7(2)11-4-8-3-10-5-9(6)8/h6-9H,3-5H2,1-2H3/t6-,7+,8-,9+/m0/s1. The number of hydrogen-bond acceptors (Lipinski definition) is 2. The Bertz CT molecular complexity index is 146. The van der Waals surface area contributed by atoms with Crippen LogP contribution in [0.15, 0.2) is 0 Å². The lowest BCUT2D eigenvalue weighted by molar-refractivity contribution is -0.0603. The summed E-state index contributed by atoms with van der Waals surface area (Å²) >= 11 is 0. The summed E-state index contributed by atoms with van der Waals surface area (Å²) < 4.78 is 11.1. The smallest absolute Gasteiger partial charge is 0.0576 e.